The zero-order valence-corrected chi connectivity index (χ0v) is 19.7. The zero-order chi connectivity index (χ0) is 25.3. The van der Waals surface area contributed by atoms with Gasteiger partial charge >= 0.3 is 12.1 Å². The van der Waals surface area contributed by atoms with Gasteiger partial charge < -0.3 is 14.6 Å². The van der Waals surface area contributed by atoms with E-state index in [1.165, 1.54) is 0 Å². The summed E-state index contributed by atoms with van der Waals surface area (Å²) in [5.41, 5.74) is 1.20. The molecule has 0 saturated heterocycles. The van der Waals surface area contributed by atoms with Crippen molar-refractivity contribution in [1.29, 1.82) is 0 Å². The summed E-state index contributed by atoms with van der Waals surface area (Å²) in [6.07, 6.45) is 0.618. The van der Waals surface area contributed by atoms with Crippen LogP contribution in [0.1, 0.15) is 62.3 Å². The minimum atomic E-state index is -4.55. The molecule has 0 aliphatic heterocycles. The maximum Gasteiger partial charge on any atom is 0.433 e. The van der Waals surface area contributed by atoms with Gasteiger partial charge in [-0.15, -0.1) is 0 Å². The topological polar surface area (TPSA) is 68.7 Å². The molecule has 0 bridgehead atoms. The second-order valence-electron chi connectivity index (χ2n) is 8.44. The highest BCUT2D eigenvalue weighted by molar-refractivity contribution is 5.86. The standard InChI is InChI=1S/C27H30F3NO4/c1-2-3-15-34-24-17-25(27(28,29)30)31-23-14-11-20(16-22(23)24)18-35-21-12-9-19(10-13-21)7-5-4-6-8-26(32)33/h9-14,16-17H,2-8,15,18H2,1H3,(H,32,33). The molecule has 3 aromatic rings. The molecular weight excluding hydrogens is 459 g/mol. The summed E-state index contributed by atoms with van der Waals surface area (Å²) in [5.74, 6) is 0.0931. The number of rotatable bonds is 13. The fourth-order valence-corrected chi connectivity index (χ4v) is 3.62. The van der Waals surface area contributed by atoms with Gasteiger partial charge in [0, 0.05) is 17.9 Å². The van der Waals surface area contributed by atoms with Crippen molar-refractivity contribution in [3.8, 4) is 11.5 Å². The maximum atomic E-state index is 13.3. The van der Waals surface area contributed by atoms with Crippen LogP contribution in [0, 0.1) is 0 Å². The van der Waals surface area contributed by atoms with Crippen LogP contribution in [0.15, 0.2) is 48.5 Å². The van der Waals surface area contributed by atoms with E-state index in [9.17, 15) is 18.0 Å². The molecule has 0 unspecified atom stereocenters. The minimum absolute atomic E-state index is 0.172. The van der Waals surface area contributed by atoms with E-state index in [1.54, 1.807) is 18.2 Å². The number of fused-ring (bicyclic) bond motifs is 1. The van der Waals surface area contributed by atoms with E-state index in [2.05, 4.69) is 4.98 Å². The summed E-state index contributed by atoms with van der Waals surface area (Å²) >= 11 is 0. The highest BCUT2D eigenvalue weighted by Crippen LogP contribution is 2.35. The SMILES string of the molecule is CCCCOc1cc(C(F)(F)F)nc2ccc(COc3ccc(CCCCCC(=O)O)cc3)cc12. The van der Waals surface area contributed by atoms with Crippen LogP contribution in [-0.2, 0) is 24.0 Å². The van der Waals surface area contributed by atoms with Crippen molar-refractivity contribution in [2.75, 3.05) is 6.61 Å². The number of pyridine rings is 1. The van der Waals surface area contributed by atoms with Crippen LogP contribution in [0.5, 0.6) is 11.5 Å². The van der Waals surface area contributed by atoms with Gasteiger partial charge in [0.05, 0.1) is 12.1 Å². The quantitative estimate of drug-likeness (QED) is 0.257. The lowest BCUT2D eigenvalue weighted by Crippen LogP contribution is -2.09. The number of carboxylic acid groups (broad SMARTS) is 1. The highest BCUT2D eigenvalue weighted by Gasteiger charge is 2.33. The van der Waals surface area contributed by atoms with Crippen LogP contribution < -0.4 is 9.47 Å². The number of carbonyl (C=O) groups is 1. The van der Waals surface area contributed by atoms with Gasteiger partial charge in [0.15, 0.2) is 0 Å². The molecule has 0 radical (unpaired) electrons. The van der Waals surface area contributed by atoms with Gasteiger partial charge in [0.25, 0.3) is 0 Å². The Hall–Kier alpha value is -3.29. The van der Waals surface area contributed by atoms with Crippen LogP contribution in [0.3, 0.4) is 0 Å². The summed E-state index contributed by atoms with van der Waals surface area (Å²) in [6, 6.07) is 13.7. The van der Waals surface area contributed by atoms with E-state index in [1.807, 2.05) is 31.2 Å². The largest absolute Gasteiger partial charge is 0.493 e. The zero-order valence-electron chi connectivity index (χ0n) is 19.7. The lowest BCUT2D eigenvalue weighted by atomic mass is 10.1. The molecule has 3 rings (SSSR count). The Morgan fingerprint density at radius 1 is 0.943 bits per heavy atom. The van der Waals surface area contributed by atoms with E-state index in [-0.39, 0.29) is 24.3 Å². The fourth-order valence-electron chi connectivity index (χ4n) is 3.62. The molecule has 8 heteroatoms. The lowest BCUT2D eigenvalue weighted by Gasteiger charge is -2.14. The number of hydrogen-bond donors (Lipinski definition) is 1. The van der Waals surface area contributed by atoms with Crippen molar-refractivity contribution in [2.45, 2.75) is 64.7 Å². The van der Waals surface area contributed by atoms with Crippen molar-refractivity contribution in [3.05, 3.63) is 65.4 Å². The number of ether oxygens (including phenoxy) is 2. The molecule has 2 aromatic carbocycles. The Morgan fingerprint density at radius 2 is 1.69 bits per heavy atom. The van der Waals surface area contributed by atoms with E-state index < -0.39 is 17.8 Å². The molecule has 35 heavy (non-hydrogen) atoms. The summed E-state index contributed by atoms with van der Waals surface area (Å²) in [5, 5.41) is 9.20. The second-order valence-corrected chi connectivity index (χ2v) is 8.44. The number of carboxylic acids is 1. The molecule has 0 saturated carbocycles. The number of halogens is 3. The summed E-state index contributed by atoms with van der Waals surface area (Å²) in [6.45, 7) is 2.57. The average Bonchev–Trinajstić information content (AvgIpc) is 2.82. The molecule has 1 aromatic heterocycles. The Morgan fingerprint density at radius 3 is 2.37 bits per heavy atom. The van der Waals surface area contributed by atoms with Crippen molar-refractivity contribution >= 4 is 16.9 Å². The normalized spacial score (nSPS) is 11.5. The third-order valence-electron chi connectivity index (χ3n) is 5.57. The van der Waals surface area contributed by atoms with Crippen molar-refractivity contribution in [3.63, 3.8) is 0 Å². The number of aliphatic carboxylic acids is 1. The first-order valence-corrected chi connectivity index (χ1v) is 11.8. The monoisotopic (exact) mass is 489 g/mol. The predicted molar refractivity (Wildman–Crippen MR) is 128 cm³/mol. The third-order valence-corrected chi connectivity index (χ3v) is 5.57. The Kier molecular flexibility index (Phi) is 9.34. The molecule has 0 aliphatic rings. The van der Waals surface area contributed by atoms with Crippen LogP contribution >= 0.6 is 0 Å². The first-order chi connectivity index (χ1) is 16.8. The highest BCUT2D eigenvalue weighted by atomic mass is 19.4. The number of unbranched alkanes of at least 4 members (excludes halogenated alkanes) is 3. The molecule has 5 nitrogen and oxygen atoms in total. The van der Waals surface area contributed by atoms with Crippen molar-refractivity contribution < 1.29 is 32.5 Å². The van der Waals surface area contributed by atoms with E-state index >= 15 is 0 Å². The Labute approximate surface area is 202 Å². The van der Waals surface area contributed by atoms with Crippen molar-refractivity contribution in [1.82, 2.24) is 4.98 Å². The maximum absolute atomic E-state index is 13.3. The van der Waals surface area contributed by atoms with Gasteiger partial charge in [0.2, 0.25) is 0 Å². The molecule has 0 fully saturated rings. The smallest absolute Gasteiger partial charge is 0.433 e. The van der Waals surface area contributed by atoms with E-state index in [4.69, 9.17) is 14.6 Å². The number of nitrogens with zero attached hydrogens (tertiary/aromatic N) is 1. The molecule has 0 aliphatic carbocycles. The third kappa shape index (κ3) is 8.16. The van der Waals surface area contributed by atoms with E-state index in [0.717, 1.165) is 49.3 Å². The molecule has 188 valence electrons. The van der Waals surface area contributed by atoms with Gasteiger partial charge in [-0.05, 0) is 61.1 Å². The van der Waals surface area contributed by atoms with Gasteiger partial charge in [-0.25, -0.2) is 4.98 Å². The lowest BCUT2D eigenvalue weighted by molar-refractivity contribution is -0.141. The van der Waals surface area contributed by atoms with Crippen LogP contribution in [0.4, 0.5) is 13.2 Å². The first kappa shape index (κ1) is 26.3. The summed E-state index contributed by atoms with van der Waals surface area (Å²) in [7, 11) is 0. The number of hydrogen-bond acceptors (Lipinski definition) is 4. The van der Waals surface area contributed by atoms with Gasteiger partial charge in [-0.2, -0.15) is 13.2 Å². The van der Waals surface area contributed by atoms with Gasteiger partial charge in [0.1, 0.15) is 23.8 Å². The van der Waals surface area contributed by atoms with Gasteiger partial charge in [-0.3, -0.25) is 4.79 Å². The summed E-state index contributed by atoms with van der Waals surface area (Å²) < 4.78 is 51.4. The molecule has 0 atom stereocenters. The number of aryl methyl sites for hydroxylation is 1. The fraction of sp³-hybridized carbons (Fsp3) is 0.407. The summed E-state index contributed by atoms with van der Waals surface area (Å²) in [4.78, 5) is 14.3. The molecule has 1 heterocycles. The van der Waals surface area contributed by atoms with Crippen LogP contribution in [0.2, 0.25) is 0 Å². The molecular formula is C27H30F3NO4. The minimum Gasteiger partial charge on any atom is -0.493 e. The first-order valence-electron chi connectivity index (χ1n) is 11.8. The van der Waals surface area contributed by atoms with Crippen LogP contribution in [-0.4, -0.2) is 22.7 Å². The van der Waals surface area contributed by atoms with Gasteiger partial charge in [-0.1, -0.05) is 38.0 Å². The average molecular weight is 490 g/mol. The number of aromatic nitrogens is 1. The van der Waals surface area contributed by atoms with E-state index in [0.29, 0.717) is 24.2 Å². The predicted octanol–water partition coefficient (Wildman–Crippen LogP) is 7.20. The Balaban J connectivity index is 1.64. The van der Waals surface area contributed by atoms with Crippen molar-refractivity contribution in [2.24, 2.45) is 0 Å². The molecule has 0 amide bonds. The number of alkyl halides is 3. The molecule has 0 spiro atoms. The molecule has 1 N–H and O–H groups in total. The number of benzene rings is 2. The van der Waals surface area contributed by atoms with Crippen LogP contribution in [0.25, 0.3) is 10.9 Å². The Bertz CT molecular complexity index is 1110. The second kappa shape index (κ2) is 12.4.